The number of rotatable bonds is 4. The fraction of sp³-hybridized carbons (Fsp3) is 0.286. The number of hydrogen-bond donors (Lipinski definition) is 1. The number of hydrogen-bond acceptors (Lipinski definition) is 3. The van der Waals surface area contributed by atoms with Gasteiger partial charge < -0.3 is 5.32 Å². The number of nitrogens with zero attached hydrogens (tertiary/aromatic N) is 2. The van der Waals surface area contributed by atoms with Gasteiger partial charge in [-0.2, -0.15) is 0 Å². The first-order valence-corrected chi connectivity index (χ1v) is 5.84. The first-order chi connectivity index (χ1) is 8.25. The third kappa shape index (κ3) is 3.28. The molecule has 0 spiro atoms. The van der Waals surface area contributed by atoms with Crippen LogP contribution in [-0.2, 0) is 6.54 Å². The number of nitrogens with one attached hydrogen (secondary N) is 1. The van der Waals surface area contributed by atoms with Crippen molar-refractivity contribution in [2.24, 2.45) is 0 Å². The van der Waals surface area contributed by atoms with Crippen LogP contribution >= 0.6 is 0 Å². The van der Waals surface area contributed by atoms with E-state index in [-0.39, 0.29) is 0 Å². The molecule has 0 saturated carbocycles. The second-order valence-corrected chi connectivity index (χ2v) is 4.33. The molecule has 1 N–H and O–H groups in total. The molecule has 0 saturated heterocycles. The van der Waals surface area contributed by atoms with Crippen LogP contribution in [-0.4, -0.2) is 9.97 Å². The minimum Gasteiger partial charge on any atom is -0.379 e. The molecule has 88 valence electrons. The first-order valence-electron chi connectivity index (χ1n) is 5.84. The van der Waals surface area contributed by atoms with E-state index in [0.717, 1.165) is 11.4 Å². The van der Waals surface area contributed by atoms with Crippen molar-refractivity contribution in [1.82, 2.24) is 9.97 Å². The van der Waals surface area contributed by atoms with Crippen LogP contribution in [0.15, 0.2) is 42.9 Å². The van der Waals surface area contributed by atoms with Gasteiger partial charge in [0.2, 0.25) is 0 Å². The van der Waals surface area contributed by atoms with Crippen molar-refractivity contribution < 1.29 is 0 Å². The molecule has 0 amide bonds. The van der Waals surface area contributed by atoms with E-state index < -0.39 is 0 Å². The molecule has 0 unspecified atom stereocenters. The molecule has 17 heavy (non-hydrogen) atoms. The molecule has 0 aliphatic carbocycles. The highest BCUT2D eigenvalue weighted by Crippen LogP contribution is 2.18. The van der Waals surface area contributed by atoms with Crippen molar-refractivity contribution in [1.29, 1.82) is 0 Å². The molecule has 1 aromatic carbocycles. The van der Waals surface area contributed by atoms with Crippen LogP contribution in [0, 0.1) is 0 Å². The Labute approximate surface area is 102 Å². The van der Waals surface area contributed by atoms with Crippen molar-refractivity contribution in [3.05, 3.63) is 54.1 Å². The fourth-order valence-corrected chi connectivity index (χ4v) is 1.62. The molecule has 0 bridgehead atoms. The maximum absolute atomic E-state index is 4.23. The second kappa shape index (κ2) is 5.43. The van der Waals surface area contributed by atoms with Gasteiger partial charge in [0.05, 0.1) is 18.4 Å². The monoisotopic (exact) mass is 227 g/mol. The van der Waals surface area contributed by atoms with Gasteiger partial charge in [-0.25, -0.2) is 0 Å². The summed E-state index contributed by atoms with van der Waals surface area (Å²) in [6.07, 6.45) is 5.17. The summed E-state index contributed by atoms with van der Waals surface area (Å²) in [5, 5.41) is 3.35. The van der Waals surface area contributed by atoms with Gasteiger partial charge in [0.15, 0.2) is 0 Å². The molecule has 0 atom stereocenters. The zero-order chi connectivity index (χ0) is 12.1. The molecule has 1 aromatic heterocycles. The largest absolute Gasteiger partial charge is 0.379 e. The Morgan fingerprint density at radius 2 is 2.12 bits per heavy atom. The lowest BCUT2D eigenvalue weighted by Crippen LogP contribution is -2.02. The van der Waals surface area contributed by atoms with E-state index in [1.807, 2.05) is 0 Å². The highest BCUT2D eigenvalue weighted by molar-refractivity contribution is 5.46. The summed E-state index contributed by atoms with van der Waals surface area (Å²) in [6.45, 7) is 5.10. The average molecular weight is 227 g/mol. The van der Waals surface area contributed by atoms with Gasteiger partial charge in [-0.1, -0.05) is 26.0 Å². The maximum Gasteiger partial charge on any atom is 0.0777 e. The molecule has 1 heterocycles. The van der Waals surface area contributed by atoms with Crippen molar-refractivity contribution >= 4 is 5.69 Å². The average Bonchev–Trinajstić information content (AvgIpc) is 2.38. The van der Waals surface area contributed by atoms with Gasteiger partial charge in [-0.15, -0.1) is 0 Å². The van der Waals surface area contributed by atoms with Crippen LogP contribution in [0.5, 0.6) is 0 Å². The summed E-state index contributed by atoms with van der Waals surface area (Å²) in [5.41, 5.74) is 3.42. The molecule has 0 fully saturated rings. The van der Waals surface area contributed by atoms with E-state index in [1.54, 1.807) is 18.6 Å². The van der Waals surface area contributed by atoms with E-state index in [4.69, 9.17) is 0 Å². The Morgan fingerprint density at radius 3 is 2.82 bits per heavy atom. The van der Waals surface area contributed by atoms with Gasteiger partial charge in [0.1, 0.15) is 0 Å². The first kappa shape index (κ1) is 11.6. The molecule has 3 heteroatoms. The standard InChI is InChI=1S/C14H17N3/c1-11(2)12-4-3-5-13(8-12)17-10-14-9-15-6-7-16-14/h3-9,11,17H,10H2,1-2H3. The number of benzene rings is 1. The molecule has 0 aliphatic rings. The maximum atomic E-state index is 4.23. The van der Waals surface area contributed by atoms with E-state index in [1.165, 1.54) is 5.56 Å². The van der Waals surface area contributed by atoms with E-state index >= 15 is 0 Å². The Kier molecular flexibility index (Phi) is 3.70. The summed E-state index contributed by atoms with van der Waals surface area (Å²) in [7, 11) is 0. The Hall–Kier alpha value is -1.90. The van der Waals surface area contributed by atoms with Crippen molar-refractivity contribution in [3.63, 3.8) is 0 Å². The zero-order valence-corrected chi connectivity index (χ0v) is 10.2. The molecule has 2 aromatic rings. The van der Waals surface area contributed by atoms with Crippen LogP contribution in [0.2, 0.25) is 0 Å². The normalized spacial score (nSPS) is 10.5. The molecule has 0 radical (unpaired) electrons. The summed E-state index contributed by atoms with van der Waals surface area (Å²) in [4.78, 5) is 8.27. The van der Waals surface area contributed by atoms with Gasteiger partial charge in [0.25, 0.3) is 0 Å². The van der Waals surface area contributed by atoms with Gasteiger partial charge in [0, 0.05) is 18.1 Å². The lowest BCUT2D eigenvalue weighted by atomic mass is 10.0. The van der Waals surface area contributed by atoms with E-state index in [0.29, 0.717) is 12.5 Å². The molecular weight excluding hydrogens is 210 g/mol. The summed E-state index contributed by atoms with van der Waals surface area (Å²) in [5.74, 6) is 0.549. The minimum absolute atomic E-state index is 0.549. The fourth-order valence-electron chi connectivity index (χ4n) is 1.62. The smallest absolute Gasteiger partial charge is 0.0777 e. The van der Waals surface area contributed by atoms with Crippen molar-refractivity contribution in [2.45, 2.75) is 26.3 Å². The summed E-state index contributed by atoms with van der Waals surface area (Å²) in [6, 6.07) is 8.48. The van der Waals surface area contributed by atoms with Crippen LogP contribution in [0.1, 0.15) is 31.0 Å². The minimum atomic E-state index is 0.549. The van der Waals surface area contributed by atoms with Crippen LogP contribution in [0.3, 0.4) is 0 Å². The number of aromatic nitrogens is 2. The summed E-state index contributed by atoms with van der Waals surface area (Å²) < 4.78 is 0. The number of anilines is 1. The zero-order valence-electron chi connectivity index (χ0n) is 10.2. The van der Waals surface area contributed by atoms with Crippen molar-refractivity contribution in [2.75, 3.05) is 5.32 Å². The molecule has 0 aliphatic heterocycles. The van der Waals surface area contributed by atoms with Crippen LogP contribution in [0.25, 0.3) is 0 Å². The Bertz CT molecular complexity index is 466. The third-order valence-electron chi connectivity index (χ3n) is 2.64. The third-order valence-corrected chi connectivity index (χ3v) is 2.64. The second-order valence-electron chi connectivity index (χ2n) is 4.33. The Morgan fingerprint density at radius 1 is 1.24 bits per heavy atom. The van der Waals surface area contributed by atoms with Gasteiger partial charge in [-0.05, 0) is 23.6 Å². The topological polar surface area (TPSA) is 37.8 Å². The lowest BCUT2D eigenvalue weighted by Gasteiger charge is -2.09. The van der Waals surface area contributed by atoms with E-state index in [9.17, 15) is 0 Å². The van der Waals surface area contributed by atoms with Crippen molar-refractivity contribution in [3.8, 4) is 0 Å². The van der Waals surface area contributed by atoms with Gasteiger partial charge in [-0.3, -0.25) is 9.97 Å². The molecule has 2 rings (SSSR count). The highest BCUT2D eigenvalue weighted by Gasteiger charge is 2.00. The predicted octanol–water partition coefficient (Wildman–Crippen LogP) is 3.21. The lowest BCUT2D eigenvalue weighted by molar-refractivity contribution is 0.866. The van der Waals surface area contributed by atoms with E-state index in [2.05, 4.69) is 53.4 Å². The highest BCUT2D eigenvalue weighted by atomic mass is 14.9. The molecular formula is C14H17N3. The predicted molar refractivity (Wildman–Crippen MR) is 69.9 cm³/mol. The van der Waals surface area contributed by atoms with Crippen LogP contribution < -0.4 is 5.32 Å². The SMILES string of the molecule is CC(C)c1cccc(NCc2cnccn2)c1. The molecule has 3 nitrogen and oxygen atoms in total. The van der Waals surface area contributed by atoms with Gasteiger partial charge >= 0.3 is 0 Å². The quantitative estimate of drug-likeness (QED) is 0.871. The summed E-state index contributed by atoms with van der Waals surface area (Å²) >= 11 is 0. The van der Waals surface area contributed by atoms with Crippen LogP contribution in [0.4, 0.5) is 5.69 Å². The Balaban J connectivity index is 2.02.